The smallest absolute Gasteiger partial charge is 0.264 e. The number of hydrogen-bond acceptors (Lipinski definition) is 6. The van der Waals surface area contributed by atoms with Crippen LogP contribution in [-0.2, 0) is 23.1 Å². The number of rotatable bonds is 8. The van der Waals surface area contributed by atoms with Gasteiger partial charge < -0.3 is 5.32 Å². The van der Waals surface area contributed by atoms with Crippen molar-refractivity contribution in [3.8, 4) is 0 Å². The second-order valence-corrected chi connectivity index (χ2v) is 11.5. The van der Waals surface area contributed by atoms with E-state index in [1.54, 1.807) is 16.8 Å². The summed E-state index contributed by atoms with van der Waals surface area (Å²) in [5.74, 6) is -0.332. The maximum absolute atomic E-state index is 12.9. The second kappa shape index (κ2) is 11.1. The van der Waals surface area contributed by atoms with Crippen LogP contribution >= 0.6 is 11.6 Å². The molecule has 0 unspecified atom stereocenters. The monoisotopic (exact) mass is 554 g/mol. The molecule has 12 heteroatoms. The minimum Gasteiger partial charge on any atom is -0.350 e. The van der Waals surface area contributed by atoms with E-state index < -0.39 is 10.0 Å². The molecule has 5 rings (SSSR count). The molecule has 0 spiro atoms. The van der Waals surface area contributed by atoms with E-state index in [1.807, 2.05) is 12.1 Å². The van der Waals surface area contributed by atoms with Crippen molar-refractivity contribution in [2.75, 3.05) is 19.6 Å². The van der Waals surface area contributed by atoms with Gasteiger partial charge in [0.2, 0.25) is 10.0 Å². The minimum atomic E-state index is -3.55. The Hall–Kier alpha value is -3.54. The molecule has 1 amide bonds. The summed E-state index contributed by atoms with van der Waals surface area (Å²) >= 11 is 5.93. The molecule has 198 valence electrons. The Morgan fingerprint density at radius 1 is 1.00 bits per heavy atom. The molecule has 1 aliphatic rings. The van der Waals surface area contributed by atoms with Crippen molar-refractivity contribution in [2.45, 2.75) is 37.2 Å². The lowest BCUT2D eigenvalue weighted by Gasteiger charge is -2.25. The number of sulfonamides is 1. The van der Waals surface area contributed by atoms with Crippen molar-refractivity contribution in [3.63, 3.8) is 0 Å². The minimum absolute atomic E-state index is 0.187. The van der Waals surface area contributed by atoms with Crippen LogP contribution < -0.4 is 10.9 Å². The van der Waals surface area contributed by atoms with Crippen molar-refractivity contribution in [1.82, 2.24) is 29.0 Å². The molecule has 2 aromatic heterocycles. The van der Waals surface area contributed by atoms with Crippen molar-refractivity contribution >= 4 is 38.6 Å². The Morgan fingerprint density at radius 2 is 1.71 bits per heavy atom. The van der Waals surface area contributed by atoms with Gasteiger partial charge in [0.1, 0.15) is 11.7 Å². The molecule has 1 N–H and O–H groups in total. The molecule has 10 nitrogen and oxygen atoms in total. The molecule has 2 aromatic carbocycles. The van der Waals surface area contributed by atoms with E-state index in [-0.39, 0.29) is 22.9 Å². The molecule has 4 aromatic rings. The summed E-state index contributed by atoms with van der Waals surface area (Å²) in [6.07, 6.45) is 5.72. The molecule has 0 aliphatic carbocycles. The average Bonchev–Trinajstić information content (AvgIpc) is 3.35. The number of carbonyl (C=O) groups is 1. The Kier molecular flexibility index (Phi) is 7.59. The van der Waals surface area contributed by atoms with Crippen LogP contribution in [-0.4, -0.2) is 57.6 Å². The van der Waals surface area contributed by atoms with Crippen LogP contribution in [0.5, 0.6) is 0 Å². The Morgan fingerprint density at radius 3 is 2.42 bits per heavy atom. The second-order valence-electron chi connectivity index (χ2n) is 9.15. The first-order valence-corrected chi connectivity index (χ1v) is 14.2. The number of piperidine rings is 1. The van der Waals surface area contributed by atoms with Crippen LogP contribution in [0.25, 0.3) is 11.0 Å². The molecule has 0 saturated carbocycles. The lowest BCUT2D eigenvalue weighted by atomic mass is 10.2. The van der Waals surface area contributed by atoms with Gasteiger partial charge in [-0.05, 0) is 54.8 Å². The molecule has 1 saturated heterocycles. The van der Waals surface area contributed by atoms with E-state index >= 15 is 0 Å². The third kappa shape index (κ3) is 5.50. The van der Waals surface area contributed by atoms with Gasteiger partial charge in [0.05, 0.1) is 24.2 Å². The molecule has 3 heterocycles. The van der Waals surface area contributed by atoms with Gasteiger partial charge in [-0.2, -0.15) is 9.40 Å². The normalized spacial score (nSPS) is 14.6. The molecule has 0 atom stereocenters. The van der Waals surface area contributed by atoms with E-state index in [2.05, 4.69) is 15.4 Å². The van der Waals surface area contributed by atoms with E-state index in [0.29, 0.717) is 47.8 Å². The quantitative estimate of drug-likeness (QED) is 0.358. The lowest BCUT2D eigenvalue weighted by Crippen LogP contribution is -2.35. The lowest BCUT2D eigenvalue weighted by molar-refractivity contribution is 0.0952. The molecule has 0 radical (unpaired) electrons. The standard InChI is InChI=1S/C26H27ClN6O4S/c27-21-8-4-19(5-9-21)17-31-18-29-24-23(26(31)35)16-30-33(24)15-12-28-25(34)20-6-10-22(11-7-20)38(36,37)32-13-2-1-3-14-32/h4-11,16,18H,1-3,12-15,17H2,(H,28,34). The van der Waals surface area contributed by atoms with Crippen LogP contribution in [0.1, 0.15) is 35.2 Å². The molecule has 1 fully saturated rings. The average molecular weight is 555 g/mol. The topological polar surface area (TPSA) is 119 Å². The third-order valence-corrected chi connectivity index (χ3v) is 8.73. The van der Waals surface area contributed by atoms with Crippen molar-refractivity contribution < 1.29 is 13.2 Å². The number of fused-ring (bicyclic) bond motifs is 1. The van der Waals surface area contributed by atoms with Gasteiger partial charge in [-0.1, -0.05) is 30.2 Å². The summed E-state index contributed by atoms with van der Waals surface area (Å²) in [7, 11) is -3.55. The summed E-state index contributed by atoms with van der Waals surface area (Å²) in [6.45, 7) is 1.97. The Labute approximate surface area is 224 Å². The number of aromatic nitrogens is 4. The first-order chi connectivity index (χ1) is 18.3. The van der Waals surface area contributed by atoms with Crippen LogP contribution in [0.2, 0.25) is 5.02 Å². The van der Waals surface area contributed by atoms with Gasteiger partial charge in [-0.15, -0.1) is 0 Å². The highest BCUT2D eigenvalue weighted by Crippen LogP contribution is 2.21. The zero-order chi connectivity index (χ0) is 26.7. The molecular weight excluding hydrogens is 528 g/mol. The largest absolute Gasteiger partial charge is 0.350 e. The van der Waals surface area contributed by atoms with E-state index in [0.717, 1.165) is 24.8 Å². The number of halogens is 1. The summed E-state index contributed by atoms with van der Waals surface area (Å²) in [6, 6.07) is 13.2. The van der Waals surface area contributed by atoms with Gasteiger partial charge >= 0.3 is 0 Å². The zero-order valence-electron chi connectivity index (χ0n) is 20.6. The summed E-state index contributed by atoms with van der Waals surface area (Å²) < 4.78 is 30.2. The van der Waals surface area contributed by atoms with Crippen molar-refractivity contribution in [3.05, 3.63) is 87.6 Å². The predicted octanol–water partition coefficient (Wildman–Crippen LogP) is 2.90. The molecular formula is C26H27ClN6O4S. The SMILES string of the molecule is O=C(NCCn1ncc2c(=O)n(Cc3ccc(Cl)cc3)cnc21)c1ccc(S(=O)(=O)N2CCCCC2)cc1. The Balaban J connectivity index is 1.20. The van der Waals surface area contributed by atoms with Crippen LogP contribution in [0.4, 0.5) is 0 Å². The number of hydrogen-bond donors (Lipinski definition) is 1. The third-order valence-electron chi connectivity index (χ3n) is 6.57. The number of carbonyl (C=O) groups excluding carboxylic acids is 1. The highest BCUT2D eigenvalue weighted by atomic mass is 35.5. The summed E-state index contributed by atoms with van der Waals surface area (Å²) in [5, 5.41) is 8.09. The number of nitrogens with one attached hydrogen (secondary N) is 1. The van der Waals surface area contributed by atoms with Gasteiger partial charge in [0.25, 0.3) is 11.5 Å². The van der Waals surface area contributed by atoms with Gasteiger partial charge in [0, 0.05) is 30.2 Å². The Bertz CT molecular complexity index is 1610. The molecule has 0 bridgehead atoms. The van der Waals surface area contributed by atoms with Gasteiger partial charge in [0.15, 0.2) is 5.65 Å². The first kappa shape index (κ1) is 26.1. The fraction of sp³-hybridized carbons (Fsp3) is 0.308. The maximum atomic E-state index is 12.9. The summed E-state index contributed by atoms with van der Waals surface area (Å²) in [4.78, 5) is 30.1. The fourth-order valence-corrected chi connectivity index (χ4v) is 6.11. The van der Waals surface area contributed by atoms with Crippen molar-refractivity contribution in [1.29, 1.82) is 0 Å². The first-order valence-electron chi connectivity index (χ1n) is 12.4. The van der Waals surface area contributed by atoms with E-state index in [4.69, 9.17) is 11.6 Å². The van der Waals surface area contributed by atoms with Crippen LogP contribution in [0.3, 0.4) is 0 Å². The number of amides is 1. The fourth-order valence-electron chi connectivity index (χ4n) is 4.47. The number of nitrogens with zero attached hydrogens (tertiary/aromatic N) is 5. The van der Waals surface area contributed by atoms with E-state index in [9.17, 15) is 18.0 Å². The van der Waals surface area contributed by atoms with Gasteiger partial charge in [-0.3, -0.25) is 14.2 Å². The van der Waals surface area contributed by atoms with Crippen LogP contribution in [0.15, 0.2) is 70.7 Å². The van der Waals surface area contributed by atoms with Crippen molar-refractivity contribution in [2.24, 2.45) is 0 Å². The van der Waals surface area contributed by atoms with Crippen LogP contribution in [0, 0.1) is 0 Å². The molecule has 38 heavy (non-hydrogen) atoms. The van der Waals surface area contributed by atoms with Gasteiger partial charge in [-0.25, -0.2) is 18.1 Å². The summed E-state index contributed by atoms with van der Waals surface area (Å²) in [5.41, 5.74) is 1.50. The highest BCUT2D eigenvalue weighted by molar-refractivity contribution is 7.89. The predicted molar refractivity (Wildman–Crippen MR) is 144 cm³/mol. The zero-order valence-corrected chi connectivity index (χ0v) is 22.2. The highest BCUT2D eigenvalue weighted by Gasteiger charge is 2.26. The molecule has 1 aliphatic heterocycles. The maximum Gasteiger partial charge on any atom is 0.264 e. The number of benzene rings is 2. The van der Waals surface area contributed by atoms with E-state index in [1.165, 1.54) is 45.7 Å².